The summed E-state index contributed by atoms with van der Waals surface area (Å²) in [6.07, 6.45) is 2.18. The summed E-state index contributed by atoms with van der Waals surface area (Å²) in [6.45, 7) is 3.76. The van der Waals surface area contributed by atoms with Crippen LogP contribution in [0.4, 0.5) is 0 Å². The van der Waals surface area contributed by atoms with E-state index in [0.717, 1.165) is 36.3 Å². The van der Waals surface area contributed by atoms with Crippen molar-refractivity contribution < 1.29 is 107 Å². The number of phenolic OH excluding ortho intramolecular Hbond substituents is 1. The second kappa shape index (κ2) is 48.0. The van der Waals surface area contributed by atoms with Crippen molar-refractivity contribution in [3.05, 3.63) is 114 Å². The number of amides is 16. The Morgan fingerprint density at radius 2 is 1.13 bits per heavy atom. The van der Waals surface area contributed by atoms with Crippen LogP contribution in [0.3, 0.4) is 0 Å². The fourth-order valence-electron chi connectivity index (χ4n) is 16.4. The molecular weight excluding hydrogens is 1720 g/mol. The smallest absolute Gasteiger partial charge is 0.303 e. The van der Waals surface area contributed by atoms with Crippen molar-refractivity contribution in [2.24, 2.45) is 22.4 Å². The van der Waals surface area contributed by atoms with Gasteiger partial charge in [-0.15, -0.1) is 11.8 Å². The lowest BCUT2D eigenvalue weighted by atomic mass is 9.93. The van der Waals surface area contributed by atoms with Gasteiger partial charge >= 0.3 is 5.97 Å². The number of aromatic nitrogens is 2. The lowest BCUT2D eigenvalue weighted by Gasteiger charge is -2.36. The van der Waals surface area contributed by atoms with Crippen LogP contribution in [0.15, 0.2) is 102 Å². The number of carbonyl (C=O) groups excluding carboxylic acids is 17. The van der Waals surface area contributed by atoms with Gasteiger partial charge in [-0.05, 0) is 98.9 Å². The van der Waals surface area contributed by atoms with E-state index in [2.05, 4.69) is 62.8 Å². The molecule has 0 spiro atoms. The molecule has 6 heterocycles. The number of hydrogen-bond acceptors (Lipinski definition) is 23. The first-order chi connectivity index (χ1) is 62.4. The number of rotatable bonds is 23. The molecule has 3 fully saturated rings. The van der Waals surface area contributed by atoms with Crippen molar-refractivity contribution in [2.75, 3.05) is 58.9 Å². The van der Waals surface area contributed by atoms with Gasteiger partial charge in [0, 0.05) is 138 Å². The Bertz CT molecular complexity index is 5100. The van der Waals surface area contributed by atoms with Crippen molar-refractivity contribution in [3.8, 4) is 5.75 Å². The third-order valence-electron chi connectivity index (χ3n) is 23.9. The van der Waals surface area contributed by atoms with Gasteiger partial charge in [0.05, 0.1) is 37.0 Å². The molecule has 0 unspecified atom stereocenters. The molecule has 0 saturated carbocycles. The number of carboxylic acid groups (broad SMARTS) is 1. The molecule has 4 aliphatic heterocycles. The summed E-state index contributed by atoms with van der Waals surface area (Å²) in [4.78, 5) is 276. The third kappa shape index (κ3) is 27.7. The van der Waals surface area contributed by atoms with Crippen molar-refractivity contribution in [1.29, 1.82) is 0 Å². The number of fused-ring (bicyclic) bond motifs is 4. The number of Topliss-reactive ketones (excluding diaryl/α,β-unsaturated/α-hetero) is 1. The number of H-pyrrole nitrogens is 2. The number of para-hydroxylation sites is 2. The van der Waals surface area contributed by atoms with E-state index < -0.39 is 260 Å². The normalized spacial score (nSPS) is 25.6. The minimum absolute atomic E-state index is 0.00212. The summed E-state index contributed by atoms with van der Waals surface area (Å²) in [7, 11) is 3.92. The highest BCUT2D eigenvalue weighted by atomic mass is 32.2. The predicted octanol–water partition coefficient (Wildman–Crippen LogP) is -1.48. The van der Waals surface area contributed by atoms with Crippen molar-refractivity contribution in [1.82, 2.24) is 82.3 Å². The Kier molecular flexibility index (Phi) is 37.2. The topological polar surface area (TPSA) is 609 Å². The first-order valence-corrected chi connectivity index (χ1v) is 44.9. The highest BCUT2D eigenvalue weighted by Crippen LogP contribution is 2.30. The van der Waals surface area contributed by atoms with Crippen molar-refractivity contribution in [2.45, 2.75) is 228 Å². The number of thioether (sulfide) groups is 1. The minimum Gasteiger partial charge on any atom is -0.508 e. The number of carbonyl (C=O) groups is 18. The molecule has 0 radical (unpaired) electrons. The number of nitrogens with zero attached hydrogens (tertiary/aromatic N) is 6. The molecule has 708 valence electrons. The standard InChI is InChI=1S/C89H119N19O22S/c1-8-10-21-68-82(123)96-48(3)77(118)103-67(78(119)95-43-74(91)114)46-131-47-75(115)97-64(33-50-24-26-55(110)27-25-50)86(127)104(5)49(4)72(112)37-52(38-73(90)113)85(126)107-32-16-23-69(107)83(124)99-62(34-51-30-31-92-40-51)79(120)98-61(28-29-76(116)117)88(129)108-44-56(111)39-71(108)84(125)100-63(35-53-41-93-59-19-14-12-17-57(53)59)80(121)102-66(45-109)81(122)101-65(36-54-42-94-60-20-15-13-18-58(54)60)87(128)106(7)70(22-11-9-2)89(130)105(68)6/h12-15,17-20,24-27,31,40-42,48-49,52,56,61-71,93-94,109-111H,8-11,16,21-23,28-30,32-39,43-47H2,1-7H3,(H2,90,113)(H2,91,114)(H,95,119)(H,96,123)(H,97,115)(H,98,120)(H,99,124)(H,100,125)(H,101,122)(H,102,121)(H,103,118)(H,116,117)/t48-,49-,52-,56+,61-,62-,63-,64-,65-,66-,67-,68-,69-,70-,71-/m0/s1. The number of nitrogens with one attached hydrogen (secondary N) is 11. The van der Waals surface area contributed by atoms with Crippen LogP contribution in [0.5, 0.6) is 5.75 Å². The number of aliphatic imine (C=N–C) groups is 1. The molecule has 9 rings (SSSR count). The van der Waals surface area contributed by atoms with E-state index in [0.29, 0.717) is 69.8 Å². The highest BCUT2D eigenvalue weighted by Gasteiger charge is 2.47. The van der Waals surface area contributed by atoms with Crippen LogP contribution in [-0.4, -0.2) is 311 Å². The van der Waals surface area contributed by atoms with Crippen LogP contribution in [0.25, 0.3) is 21.8 Å². The zero-order valence-corrected chi connectivity index (χ0v) is 75.1. The summed E-state index contributed by atoms with van der Waals surface area (Å²) < 4.78 is 0. The predicted molar refractivity (Wildman–Crippen MR) is 478 cm³/mol. The molecule has 41 nitrogen and oxygen atoms in total. The minimum atomic E-state index is -1.92. The van der Waals surface area contributed by atoms with Gasteiger partial charge in [0.2, 0.25) is 94.5 Å². The molecule has 2 aromatic heterocycles. The molecule has 16 amide bonds. The van der Waals surface area contributed by atoms with Gasteiger partial charge in [-0.1, -0.05) is 88.1 Å². The van der Waals surface area contributed by atoms with Crippen LogP contribution >= 0.6 is 11.8 Å². The summed E-state index contributed by atoms with van der Waals surface area (Å²) in [5.41, 5.74) is 14.2. The number of ketones is 1. The maximum atomic E-state index is 15.6. The van der Waals surface area contributed by atoms with Crippen LogP contribution < -0.4 is 59.3 Å². The van der Waals surface area contributed by atoms with E-state index in [-0.39, 0.29) is 70.1 Å². The molecule has 131 heavy (non-hydrogen) atoms. The average molecular weight is 1840 g/mol. The van der Waals surface area contributed by atoms with E-state index in [1.165, 1.54) is 71.7 Å². The SMILES string of the molecule is CCCC[C@H]1C(=O)N(C)[C@@H](CCCC)C(=O)N[C@@H](C)C(=O)N[C@H](C(=O)NCC(N)=O)CSCC(=O)N[C@@H](Cc2ccc(O)cc2)C(=O)N(C)[C@@H](C)C(=O)C[C@@H](CC(N)=O)C(=O)N2CCC[C@H]2C(=O)N[C@@H](CC2=CN=CC2)C(=O)N[C@@H](CCC(=O)O)C(=O)N2C[C@H](O)C[C@H]2C(=O)N[C@@H](Cc2c[nH]c3ccccc23)C(=O)N[C@@H](CO)C(=O)N[C@@H](Cc2c[nH]c3ccccc23)C(=O)N1C. The molecule has 0 bridgehead atoms. The Morgan fingerprint density at radius 3 is 1.73 bits per heavy atom. The monoisotopic (exact) mass is 1840 g/mol. The van der Waals surface area contributed by atoms with E-state index in [1.54, 1.807) is 60.9 Å². The zero-order valence-electron chi connectivity index (χ0n) is 74.3. The fraction of sp³-hybridized carbons (Fsp3) is 0.517. The third-order valence-corrected chi connectivity index (χ3v) is 24.9. The number of aliphatic carboxylic acids is 1. The van der Waals surface area contributed by atoms with Crippen LogP contribution in [0.1, 0.15) is 141 Å². The number of unbranched alkanes of at least 4 members (excludes halogenated alkanes) is 2. The number of primary amides is 2. The first-order valence-electron chi connectivity index (χ1n) is 43.8. The largest absolute Gasteiger partial charge is 0.508 e. The number of aliphatic hydroxyl groups is 2. The zero-order chi connectivity index (χ0) is 95.6. The summed E-state index contributed by atoms with van der Waals surface area (Å²) in [6, 6.07) is -0.818. The molecule has 5 aromatic rings. The molecule has 42 heteroatoms. The van der Waals surface area contributed by atoms with Crippen LogP contribution in [0, 0.1) is 5.92 Å². The van der Waals surface area contributed by atoms with Crippen molar-refractivity contribution >= 4 is 146 Å². The summed E-state index contributed by atoms with van der Waals surface area (Å²) >= 11 is 0.780. The number of phenols is 1. The Morgan fingerprint density at radius 1 is 0.573 bits per heavy atom. The van der Waals surface area contributed by atoms with E-state index in [4.69, 9.17) is 11.5 Å². The molecule has 4 aliphatic rings. The Labute approximate surface area is 760 Å². The van der Waals surface area contributed by atoms with Gasteiger partial charge in [-0.25, -0.2) is 0 Å². The molecule has 3 saturated heterocycles. The molecular formula is C89H119N19O22S. The van der Waals surface area contributed by atoms with Gasteiger partial charge in [-0.3, -0.25) is 91.3 Å². The van der Waals surface area contributed by atoms with Crippen molar-refractivity contribution in [3.63, 3.8) is 0 Å². The molecule has 3 aromatic carbocycles. The van der Waals surface area contributed by atoms with E-state index in [1.807, 2.05) is 13.8 Å². The lowest BCUT2D eigenvalue weighted by Crippen LogP contribution is -2.61. The molecule has 15 atom stereocenters. The second-order valence-corrected chi connectivity index (χ2v) is 34.5. The highest BCUT2D eigenvalue weighted by molar-refractivity contribution is 8.00. The van der Waals surface area contributed by atoms with Gasteiger partial charge in [0.1, 0.15) is 78.3 Å². The maximum absolute atomic E-state index is 15.6. The number of carboxylic acids is 1. The number of hydrogen-bond donors (Lipinski definition) is 17. The number of aromatic hydroxyl groups is 1. The van der Waals surface area contributed by atoms with E-state index in [9.17, 15) is 73.2 Å². The van der Waals surface area contributed by atoms with Gasteiger partial charge in [-0.2, -0.15) is 0 Å². The van der Waals surface area contributed by atoms with Gasteiger partial charge < -0.3 is 114 Å². The second-order valence-electron chi connectivity index (χ2n) is 33.5. The number of aliphatic hydroxyl groups excluding tert-OH is 2. The summed E-state index contributed by atoms with van der Waals surface area (Å²) in [5.74, 6) is -20.1. The van der Waals surface area contributed by atoms with Gasteiger partial charge in [0.25, 0.3) is 0 Å². The number of likely N-dealkylation sites (N-methyl/N-ethyl adjacent to an activating group) is 3. The van der Waals surface area contributed by atoms with Crippen LogP contribution in [0.2, 0.25) is 0 Å². The average Bonchev–Trinajstić information content (AvgIpc) is 1.62. The maximum Gasteiger partial charge on any atom is 0.303 e. The van der Waals surface area contributed by atoms with E-state index >= 15 is 33.6 Å². The molecule has 19 N–H and O–H groups in total. The van der Waals surface area contributed by atoms with Gasteiger partial charge in [0.15, 0.2) is 5.78 Å². The number of aromatic amines is 2. The quantitative estimate of drug-likeness (QED) is 0.0355. The lowest BCUT2D eigenvalue weighted by molar-refractivity contribution is -0.149. The number of benzene rings is 3. The Hall–Kier alpha value is -13.1. The first kappa shape index (κ1) is 102. The number of nitrogens with two attached hydrogens (primary N) is 2. The molecule has 0 aliphatic carbocycles. The fourth-order valence-corrected chi connectivity index (χ4v) is 17.3. The summed E-state index contributed by atoms with van der Waals surface area (Å²) in [5, 5.41) is 67.4. The van der Waals surface area contributed by atoms with Crippen LogP contribution in [-0.2, 0) is 106 Å². The Balaban J connectivity index is 1.08.